The molecule has 0 spiro atoms. The van der Waals surface area contributed by atoms with E-state index in [0.717, 1.165) is 38.6 Å². The predicted octanol–water partition coefficient (Wildman–Crippen LogP) is 13.3. The standard InChI is InChI=1S/C51H33N3/c1-3-16-34(17-4-1)38-23-9-14-28-47(38)50-52-49(36-19-5-2-6-20-36)53-51(54-50)48-33-32-46(42-26-12-13-27-43(42)48)45-31-30-44(40-24-10-11-25-41(40)45)39-29-15-21-35-18-7-8-22-37(35)39/h1-33H. The molecule has 0 saturated heterocycles. The summed E-state index contributed by atoms with van der Waals surface area (Å²) in [6.45, 7) is 0. The third-order valence-corrected chi connectivity index (χ3v) is 10.4. The van der Waals surface area contributed by atoms with Crippen LogP contribution in [0.5, 0.6) is 0 Å². The zero-order valence-electron chi connectivity index (χ0n) is 29.4. The molecule has 10 rings (SSSR count). The number of aromatic nitrogens is 3. The van der Waals surface area contributed by atoms with Gasteiger partial charge in [-0.15, -0.1) is 0 Å². The summed E-state index contributed by atoms with van der Waals surface area (Å²) in [6, 6.07) is 70.5. The number of hydrogen-bond acceptors (Lipinski definition) is 3. The molecule has 9 aromatic carbocycles. The van der Waals surface area contributed by atoms with Crippen molar-refractivity contribution < 1.29 is 0 Å². The number of benzene rings is 9. The zero-order chi connectivity index (χ0) is 35.8. The second kappa shape index (κ2) is 13.4. The molecule has 0 aliphatic rings. The van der Waals surface area contributed by atoms with E-state index in [1.807, 2.05) is 30.3 Å². The highest BCUT2D eigenvalue weighted by molar-refractivity contribution is 6.13. The monoisotopic (exact) mass is 687 g/mol. The third kappa shape index (κ3) is 5.51. The van der Waals surface area contributed by atoms with Crippen LogP contribution in [0.15, 0.2) is 200 Å². The molecule has 3 heteroatoms. The first-order valence-electron chi connectivity index (χ1n) is 18.3. The van der Waals surface area contributed by atoms with Gasteiger partial charge in [0.1, 0.15) is 0 Å². The summed E-state index contributed by atoms with van der Waals surface area (Å²) in [5, 5.41) is 7.17. The van der Waals surface area contributed by atoms with Gasteiger partial charge in [0.2, 0.25) is 0 Å². The van der Waals surface area contributed by atoms with Crippen LogP contribution in [0.3, 0.4) is 0 Å². The van der Waals surface area contributed by atoms with Crippen LogP contribution in [0.2, 0.25) is 0 Å². The van der Waals surface area contributed by atoms with Crippen molar-refractivity contribution in [1.82, 2.24) is 15.0 Å². The van der Waals surface area contributed by atoms with Crippen LogP contribution in [-0.2, 0) is 0 Å². The van der Waals surface area contributed by atoms with Gasteiger partial charge >= 0.3 is 0 Å². The van der Waals surface area contributed by atoms with Crippen molar-refractivity contribution in [2.75, 3.05) is 0 Å². The van der Waals surface area contributed by atoms with Crippen molar-refractivity contribution in [3.63, 3.8) is 0 Å². The Morgan fingerprint density at radius 1 is 0.204 bits per heavy atom. The molecule has 0 N–H and O–H groups in total. The zero-order valence-corrected chi connectivity index (χ0v) is 29.4. The number of fused-ring (bicyclic) bond motifs is 3. The Labute approximate surface area is 313 Å². The Bertz CT molecular complexity index is 2980. The first kappa shape index (κ1) is 31.5. The fraction of sp³-hybridized carbons (Fsp3) is 0. The Morgan fingerprint density at radius 2 is 0.574 bits per heavy atom. The molecule has 3 nitrogen and oxygen atoms in total. The van der Waals surface area contributed by atoms with Crippen LogP contribution in [0.4, 0.5) is 0 Å². The van der Waals surface area contributed by atoms with Crippen molar-refractivity contribution >= 4 is 32.3 Å². The van der Waals surface area contributed by atoms with Gasteiger partial charge in [0.15, 0.2) is 17.5 Å². The molecule has 0 amide bonds. The lowest BCUT2D eigenvalue weighted by Gasteiger charge is -2.17. The molecular formula is C51H33N3. The van der Waals surface area contributed by atoms with Gasteiger partial charge in [0.25, 0.3) is 0 Å². The third-order valence-electron chi connectivity index (χ3n) is 10.4. The lowest BCUT2D eigenvalue weighted by Crippen LogP contribution is -2.01. The minimum Gasteiger partial charge on any atom is -0.208 e. The summed E-state index contributed by atoms with van der Waals surface area (Å²) < 4.78 is 0. The molecule has 10 aromatic rings. The van der Waals surface area contributed by atoms with Crippen LogP contribution in [0.25, 0.3) is 99.9 Å². The summed E-state index contributed by atoms with van der Waals surface area (Å²) in [5.74, 6) is 1.92. The van der Waals surface area contributed by atoms with E-state index in [2.05, 4.69) is 170 Å². The molecule has 1 heterocycles. The number of rotatable bonds is 6. The number of hydrogen-bond donors (Lipinski definition) is 0. The van der Waals surface area contributed by atoms with Crippen LogP contribution < -0.4 is 0 Å². The van der Waals surface area contributed by atoms with Crippen molar-refractivity contribution in [3.8, 4) is 67.5 Å². The highest BCUT2D eigenvalue weighted by Crippen LogP contribution is 2.42. The molecule has 0 radical (unpaired) electrons. The summed E-state index contributed by atoms with van der Waals surface area (Å²) in [5.41, 5.74) is 9.89. The van der Waals surface area contributed by atoms with Crippen molar-refractivity contribution in [2.24, 2.45) is 0 Å². The summed E-state index contributed by atoms with van der Waals surface area (Å²) in [7, 11) is 0. The largest absolute Gasteiger partial charge is 0.208 e. The molecule has 0 saturated carbocycles. The molecule has 1 aromatic heterocycles. The molecule has 252 valence electrons. The van der Waals surface area contributed by atoms with E-state index in [4.69, 9.17) is 15.0 Å². The van der Waals surface area contributed by atoms with Crippen LogP contribution in [0, 0.1) is 0 Å². The molecule has 0 fully saturated rings. The van der Waals surface area contributed by atoms with Crippen molar-refractivity contribution in [1.29, 1.82) is 0 Å². The van der Waals surface area contributed by atoms with E-state index in [-0.39, 0.29) is 0 Å². The SMILES string of the molecule is c1ccc(-c2nc(-c3ccccc3-c3ccccc3)nc(-c3ccc(-c4ccc(-c5cccc6ccccc56)c5ccccc45)c4ccccc34)n2)cc1. The topological polar surface area (TPSA) is 38.7 Å². The fourth-order valence-corrected chi connectivity index (χ4v) is 7.84. The lowest BCUT2D eigenvalue weighted by molar-refractivity contribution is 1.08. The first-order valence-corrected chi connectivity index (χ1v) is 18.3. The maximum absolute atomic E-state index is 5.24. The van der Waals surface area contributed by atoms with Gasteiger partial charge in [-0.1, -0.05) is 194 Å². The molecule has 0 aliphatic carbocycles. The second-order valence-electron chi connectivity index (χ2n) is 13.5. The average molecular weight is 688 g/mol. The highest BCUT2D eigenvalue weighted by Gasteiger charge is 2.19. The van der Waals surface area contributed by atoms with Gasteiger partial charge in [-0.3, -0.25) is 0 Å². The van der Waals surface area contributed by atoms with E-state index in [0.29, 0.717) is 17.5 Å². The average Bonchev–Trinajstić information content (AvgIpc) is 3.26. The Kier molecular flexibility index (Phi) is 7.81. The van der Waals surface area contributed by atoms with E-state index >= 15 is 0 Å². The smallest absolute Gasteiger partial charge is 0.164 e. The van der Waals surface area contributed by atoms with Gasteiger partial charge in [-0.2, -0.15) is 0 Å². The van der Waals surface area contributed by atoms with E-state index < -0.39 is 0 Å². The molecular weight excluding hydrogens is 655 g/mol. The molecule has 54 heavy (non-hydrogen) atoms. The number of nitrogens with zero attached hydrogens (tertiary/aromatic N) is 3. The van der Waals surface area contributed by atoms with E-state index in [1.165, 1.54) is 43.8 Å². The Balaban J connectivity index is 1.17. The molecule has 0 atom stereocenters. The second-order valence-corrected chi connectivity index (χ2v) is 13.5. The summed E-state index contributed by atoms with van der Waals surface area (Å²) >= 11 is 0. The molecule has 0 bridgehead atoms. The van der Waals surface area contributed by atoms with Gasteiger partial charge in [0.05, 0.1) is 0 Å². The normalized spacial score (nSPS) is 11.3. The maximum atomic E-state index is 5.24. The van der Waals surface area contributed by atoms with Crippen molar-refractivity contribution in [3.05, 3.63) is 200 Å². The van der Waals surface area contributed by atoms with E-state index in [1.54, 1.807) is 0 Å². The van der Waals surface area contributed by atoms with Crippen LogP contribution in [0.1, 0.15) is 0 Å². The quantitative estimate of drug-likeness (QED) is 0.175. The Morgan fingerprint density at radius 3 is 1.19 bits per heavy atom. The Hall–Kier alpha value is -7.23. The van der Waals surface area contributed by atoms with Crippen molar-refractivity contribution in [2.45, 2.75) is 0 Å². The van der Waals surface area contributed by atoms with Gasteiger partial charge in [-0.25, -0.2) is 15.0 Å². The van der Waals surface area contributed by atoms with Crippen LogP contribution >= 0.6 is 0 Å². The van der Waals surface area contributed by atoms with Gasteiger partial charge in [-0.05, 0) is 71.8 Å². The molecule has 0 unspecified atom stereocenters. The minimum atomic E-state index is 0.639. The fourth-order valence-electron chi connectivity index (χ4n) is 7.84. The van der Waals surface area contributed by atoms with Gasteiger partial charge in [0, 0.05) is 16.7 Å². The highest BCUT2D eigenvalue weighted by atomic mass is 15.0. The summed E-state index contributed by atoms with van der Waals surface area (Å²) in [4.78, 5) is 15.5. The lowest BCUT2D eigenvalue weighted by atomic mass is 9.88. The summed E-state index contributed by atoms with van der Waals surface area (Å²) in [6.07, 6.45) is 0. The maximum Gasteiger partial charge on any atom is 0.164 e. The van der Waals surface area contributed by atoms with Gasteiger partial charge < -0.3 is 0 Å². The minimum absolute atomic E-state index is 0.639. The van der Waals surface area contributed by atoms with E-state index in [9.17, 15) is 0 Å². The first-order chi connectivity index (χ1) is 26.8. The predicted molar refractivity (Wildman–Crippen MR) is 225 cm³/mol. The van der Waals surface area contributed by atoms with Crippen LogP contribution in [-0.4, -0.2) is 15.0 Å². The molecule has 0 aliphatic heterocycles.